The van der Waals surface area contributed by atoms with Crippen LogP contribution in [0.15, 0.2) is 54.9 Å². The zero-order chi connectivity index (χ0) is 23.7. The molecule has 174 valence electrons. The second-order valence-electron chi connectivity index (χ2n) is 8.21. The Kier molecular flexibility index (Phi) is 5.91. The first-order valence-corrected chi connectivity index (χ1v) is 11.1. The zero-order valence-corrected chi connectivity index (χ0v) is 18.6. The average molecular weight is 463 g/mol. The van der Waals surface area contributed by atoms with Crippen molar-refractivity contribution < 1.29 is 18.3 Å². The van der Waals surface area contributed by atoms with E-state index in [1.54, 1.807) is 35.5 Å². The fourth-order valence-corrected chi connectivity index (χ4v) is 4.27. The summed E-state index contributed by atoms with van der Waals surface area (Å²) in [4.78, 5) is 27.3. The van der Waals surface area contributed by atoms with Crippen LogP contribution in [0, 0.1) is 6.92 Å². The number of benzene rings is 2. The van der Waals surface area contributed by atoms with Crippen molar-refractivity contribution in [1.82, 2.24) is 19.5 Å². The maximum absolute atomic E-state index is 12.8. The number of ether oxygens (including phenoxy) is 1. The maximum Gasteiger partial charge on any atom is 0.387 e. The fraction of sp³-hybridized carbons (Fsp3) is 0.280. The number of amides is 1. The normalized spacial score (nSPS) is 14.2. The maximum atomic E-state index is 12.8. The van der Waals surface area contributed by atoms with Crippen LogP contribution < -0.4 is 9.64 Å². The summed E-state index contributed by atoms with van der Waals surface area (Å²) in [6, 6.07) is 12.6. The van der Waals surface area contributed by atoms with Crippen LogP contribution in [0.25, 0.3) is 22.2 Å². The number of nitrogens with zero attached hydrogens (tertiary/aromatic N) is 5. The number of aromatic nitrogens is 4. The lowest BCUT2D eigenvalue weighted by Gasteiger charge is -2.24. The van der Waals surface area contributed by atoms with Crippen LogP contribution in [-0.2, 0) is 11.3 Å². The molecule has 7 nitrogen and oxygen atoms in total. The van der Waals surface area contributed by atoms with Gasteiger partial charge in [0.15, 0.2) is 0 Å². The Morgan fingerprint density at radius 2 is 1.85 bits per heavy atom. The second-order valence-corrected chi connectivity index (χ2v) is 8.21. The summed E-state index contributed by atoms with van der Waals surface area (Å²) in [5.74, 6) is 1.38. The molecule has 9 heteroatoms. The summed E-state index contributed by atoms with van der Waals surface area (Å²) in [7, 11) is 0. The monoisotopic (exact) mass is 463 g/mol. The van der Waals surface area contributed by atoms with Crippen LogP contribution >= 0.6 is 0 Å². The minimum Gasteiger partial charge on any atom is -0.434 e. The zero-order valence-electron chi connectivity index (χ0n) is 18.6. The molecule has 1 saturated heterocycles. The topological polar surface area (TPSA) is 73.1 Å². The number of aryl methyl sites for hydroxylation is 1. The number of carbonyl (C=O) groups excluding carboxylic acids is 1. The van der Waals surface area contributed by atoms with Gasteiger partial charge in [0.1, 0.15) is 11.6 Å². The molecule has 1 aliphatic heterocycles. The molecule has 4 aromatic rings. The Balaban J connectivity index is 1.46. The van der Waals surface area contributed by atoms with E-state index in [0.717, 1.165) is 40.8 Å². The number of para-hydroxylation sites is 1. The van der Waals surface area contributed by atoms with Crippen LogP contribution in [0.1, 0.15) is 30.7 Å². The number of anilines is 1. The molecule has 2 aromatic heterocycles. The predicted molar refractivity (Wildman–Crippen MR) is 124 cm³/mol. The number of rotatable bonds is 6. The molecule has 2 aromatic carbocycles. The van der Waals surface area contributed by atoms with Crippen LogP contribution in [0.4, 0.5) is 14.7 Å². The van der Waals surface area contributed by atoms with Crippen LogP contribution in [-0.4, -0.2) is 38.6 Å². The highest BCUT2D eigenvalue weighted by Gasteiger charge is 2.22. The predicted octanol–water partition coefficient (Wildman–Crippen LogP) is 4.97. The third-order valence-corrected chi connectivity index (χ3v) is 5.99. The summed E-state index contributed by atoms with van der Waals surface area (Å²) < 4.78 is 32.4. The van der Waals surface area contributed by atoms with Crippen molar-refractivity contribution in [2.45, 2.75) is 39.3 Å². The number of halogens is 2. The Labute approximate surface area is 195 Å². The lowest BCUT2D eigenvalue weighted by Crippen LogP contribution is -2.36. The molecule has 1 amide bonds. The molecule has 0 aliphatic carbocycles. The first-order valence-electron chi connectivity index (χ1n) is 11.1. The smallest absolute Gasteiger partial charge is 0.387 e. The van der Waals surface area contributed by atoms with Crippen LogP contribution in [0.5, 0.6) is 5.75 Å². The minimum absolute atomic E-state index is 0.0518. The van der Waals surface area contributed by atoms with Gasteiger partial charge in [0.2, 0.25) is 11.9 Å². The molecule has 34 heavy (non-hydrogen) atoms. The summed E-state index contributed by atoms with van der Waals surface area (Å²) in [6.45, 7) is -0.0405. The summed E-state index contributed by atoms with van der Waals surface area (Å²) in [5.41, 5.74) is 3.99. The van der Waals surface area contributed by atoms with Gasteiger partial charge in [0.05, 0.1) is 17.6 Å². The lowest BCUT2D eigenvalue weighted by molar-refractivity contribution is -0.119. The molecule has 0 atom stereocenters. The van der Waals surface area contributed by atoms with E-state index in [9.17, 15) is 13.6 Å². The number of imidazole rings is 1. The van der Waals surface area contributed by atoms with Gasteiger partial charge in [0, 0.05) is 36.5 Å². The molecular formula is C25H23F2N5O2. The number of hydrogen-bond acceptors (Lipinski definition) is 5. The van der Waals surface area contributed by atoms with Crippen molar-refractivity contribution in [2.75, 3.05) is 11.4 Å². The van der Waals surface area contributed by atoms with Gasteiger partial charge in [0.25, 0.3) is 0 Å². The third-order valence-electron chi connectivity index (χ3n) is 5.99. The first kappa shape index (κ1) is 21.9. The van der Waals surface area contributed by atoms with Crippen LogP contribution in [0.3, 0.4) is 0 Å². The Morgan fingerprint density at radius 3 is 2.62 bits per heavy atom. The van der Waals surface area contributed by atoms with E-state index in [1.807, 2.05) is 29.7 Å². The summed E-state index contributed by atoms with van der Waals surface area (Å²) in [6.07, 6.45) is 5.80. The number of fused-ring (bicyclic) bond motifs is 1. The molecule has 0 bridgehead atoms. The molecular weight excluding hydrogens is 440 g/mol. The van der Waals surface area contributed by atoms with Gasteiger partial charge in [-0.05, 0) is 43.5 Å². The molecule has 3 heterocycles. The molecule has 1 fully saturated rings. The van der Waals surface area contributed by atoms with E-state index < -0.39 is 6.61 Å². The van der Waals surface area contributed by atoms with Gasteiger partial charge < -0.3 is 9.30 Å². The molecule has 0 N–H and O–H groups in total. The standard InChI is InChI=1S/C25H23F2N5O2/c1-16-30-20-10-9-17(19-13-28-25(29-14-19)31-11-5-4-8-23(31)33)12-21(20)32(16)15-18-6-2-3-7-22(18)34-24(26)27/h2-3,6-7,9-10,12-14,24H,4-5,8,11,15H2,1H3. The van der Waals surface area contributed by atoms with Crippen molar-refractivity contribution in [3.05, 3.63) is 66.2 Å². The Bertz CT molecular complexity index is 1340. The lowest BCUT2D eigenvalue weighted by atomic mass is 10.1. The Morgan fingerprint density at radius 1 is 1.06 bits per heavy atom. The quantitative estimate of drug-likeness (QED) is 0.404. The largest absolute Gasteiger partial charge is 0.434 e. The van der Waals surface area contributed by atoms with Crippen molar-refractivity contribution in [1.29, 1.82) is 0 Å². The van der Waals surface area contributed by atoms with Gasteiger partial charge >= 0.3 is 6.61 Å². The molecule has 1 aliphatic rings. The third kappa shape index (κ3) is 4.33. The number of piperidine rings is 1. The molecule has 0 spiro atoms. The van der Waals surface area contributed by atoms with Gasteiger partial charge in [-0.15, -0.1) is 0 Å². The van der Waals surface area contributed by atoms with Crippen LogP contribution in [0.2, 0.25) is 0 Å². The van der Waals surface area contributed by atoms with Crippen molar-refractivity contribution in [2.24, 2.45) is 0 Å². The molecule has 5 rings (SSSR count). The second kappa shape index (κ2) is 9.17. The van der Waals surface area contributed by atoms with E-state index in [2.05, 4.69) is 15.0 Å². The summed E-state index contributed by atoms with van der Waals surface area (Å²) >= 11 is 0. The number of carbonyl (C=O) groups is 1. The van der Waals surface area contributed by atoms with Crippen molar-refractivity contribution >= 4 is 22.9 Å². The van der Waals surface area contributed by atoms with E-state index in [0.29, 0.717) is 31.0 Å². The summed E-state index contributed by atoms with van der Waals surface area (Å²) in [5, 5.41) is 0. The fourth-order valence-electron chi connectivity index (χ4n) is 4.27. The first-order chi connectivity index (χ1) is 16.5. The van der Waals surface area contributed by atoms with E-state index >= 15 is 0 Å². The van der Waals surface area contributed by atoms with Crippen molar-refractivity contribution in [3.8, 4) is 16.9 Å². The molecule has 0 saturated carbocycles. The Hall–Kier alpha value is -3.88. The number of alkyl halides is 2. The minimum atomic E-state index is -2.89. The highest BCUT2D eigenvalue weighted by atomic mass is 19.3. The van der Waals surface area contributed by atoms with Gasteiger partial charge in [-0.3, -0.25) is 9.69 Å². The van der Waals surface area contributed by atoms with E-state index in [4.69, 9.17) is 4.74 Å². The van der Waals surface area contributed by atoms with E-state index in [1.165, 1.54) is 6.07 Å². The van der Waals surface area contributed by atoms with E-state index in [-0.39, 0.29) is 11.7 Å². The molecule has 0 unspecified atom stereocenters. The van der Waals surface area contributed by atoms with Gasteiger partial charge in [-0.25, -0.2) is 15.0 Å². The SMILES string of the molecule is Cc1nc2ccc(-c3cnc(N4CCCCC4=O)nc3)cc2n1Cc1ccccc1OC(F)F. The van der Waals surface area contributed by atoms with Gasteiger partial charge in [-0.1, -0.05) is 24.3 Å². The average Bonchev–Trinajstić information content (AvgIpc) is 3.14. The highest BCUT2D eigenvalue weighted by Crippen LogP contribution is 2.28. The molecule has 0 radical (unpaired) electrons. The van der Waals surface area contributed by atoms with Gasteiger partial charge in [-0.2, -0.15) is 8.78 Å². The highest BCUT2D eigenvalue weighted by molar-refractivity contribution is 5.92. The van der Waals surface area contributed by atoms with Crippen molar-refractivity contribution in [3.63, 3.8) is 0 Å². The number of hydrogen-bond donors (Lipinski definition) is 0.